The lowest BCUT2D eigenvalue weighted by atomic mass is 9.90. The van der Waals surface area contributed by atoms with Crippen molar-refractivity contribution in [2.45, 2.75) is 25.2 Å². The topological polar surface area (TPSA) is 84.1 Å². The first-order valence-corrected chi connectivity index (χ1v) is 8.04. The highest BCUT2D eigenvalue weighted by Crippen LogP contribution is 2.32. The number of carbonyl (C=O) groups is 1. The maximum atomic E-state index is 12.9. The highest BCUT2D eigenvalue weighted by Gasteiger charge is 2.36. The molecular formula is C15H18F3N5OS. The molecule has 1 amide bonds. The predicted octanol–water partition coefficient (Wildman–Crippen LogP) is 2.11. The van der Waals surface area contributed by atoms with E-state index in [1.807, 2.05) is 14.1 Å². The number of hydrogen-bond donors (Lipinski definition) is 2. The number of nitrogens with two attached hydrogens (primary N) is 1. The van der Waals surface area contributed by atoms with Crippen molar-refractivity contribution in [3.63, 3.8) is 0 Å². The third-order valence-corrected chi connectivity index (χ3v) is 4.62. The summed E-state index contributed by atoms with van der Waals surface area (Å²) in [5.41, 5.74) is 3.23. The van der Waals surface area contributed by atoms with Gasteiger partial charge in [0.25, 0.3) is 0 Å². The van der Waals surface area contributed by atoms with Crippen molar-refractivity contribution in [2.75, 3.05) is 19.0 Å². The summed E-state index contributed by atoms with van der Waals surface area (Å²) in [5, 5.41) is 3.56. The number of anilines is 1. The number of aromatic nitrogens is 2. The largest absolute Gasteiger partial charge is 0.416 e. The lowest BCUT2D eigenvalue weighted by Gasteiger charge is -2.28. The Hall–Kier alpha value is -2.20. The van der Waals surface area contributed by atoms with Crippen molar-refractivity contribution in [3.05, 3.63) is 41.2 Å². The van der Waals surface area contributed by atoms with E-state index in [0.717, 1.165) is 12.1 Å². The molecule has 0 spiro atoms. The SMILES string of the molecule is CN(C)c1nc(CNC(C)(C(N)=O)c2cccc(C(F)(F)F)c2)ns1. The summed E-state index contributed by atoms with van der Waals surface area (Å²) in [6.45, 7) is 1.52. The van der Waals surface area contributed by atoms with Crippen LogP contribution in [-0.4, -0.2) is 29.4 Å². The van der Waals surface area contributed by atoms with Crippen LogP contribution in [0.15, 0.2) is 24.3 Å². The third kappa shape index (κ3) is 4.26. The fourth-order valence-corrected chi connectivity index (χ4v) is 2.69. The van der Waals surface area contributed by atoms with Crippen molar-refractivity contribution in [1.82, 2.24) is 14.7 Å². The number of primary amides is 1. The van der Waals surface area contributed by atoms with E-state index in [1.165, 1.54) is 30.6 Å². The van der Waals surface area contributed by atoms with E-state index >= 15 is 0 Å². The van der Waals surface area contributed by atoms with Crippen LogP contribution in [0, 0.1) is 0 Å². The van der Waals surface area contributed by atoms with Gasteiger partial charge < -0.3 is 10.6 Å². The number of nitrogens with zero attached hydrogens (tertiary/aromatic N) is 3. The minimum Gasteiger partial charge on any atom is -0.368 e. The molecule has 0 saturated carbocycles. The number of halogens is 3. The summed E-state index contributed by atoms with van der Waals surface area (Å²) in [7, 11) is 3.63. The molecular weight excluding hydrogens is 355 g/mol. The minimum atomic E-state index is -4.51. The van der Waals surface area contributed by atoms with Crippen molar-refractivity contribution >= 4 is 22.6 Å². The molecule has 1 unspecified atom stereocenters. The van der Waals surface area contributed by atoms with Crippen molar-refractivity contribution in [3.8, 4) is 0 Å². The summed E-state index contributed by atoms with van der Waals surface area (Å²) in [6, 6.07) is 4.52. The van der Waals surface area contributed by atoms with Gasteiger partial charge in [0.2, 0.25) is 11.0 Å². The van der Waals surface area contributed by atoms with Gasteiger partial charge in [-0.05, 0) is 24.6 Å². The third-order valence-electron chi connectivity index (χ3n) is 3.70. The van der Waals surface area contributed by atoms with Crippen LogP contribution >= 0.6 is 11.5 Å². The van der Waals surface area contributed by atoms with E-state index in [9.17, 15) is 18.0 Å². The van der Waals surface area contributed by atoms with Crippen LogP contribution in [0.3, 0.4) is 0 Å². The monoisotopic (exact) mass is 373 g/mol. The molecule has 2 aromatic rings. The number of carbonyl (C=O) groups excluding carboxylic acids is 1. The average molecular weight is 373 g/mol. The molecule has 3 N–H and O–H groups in total. The van der Waals surface area contributed by atoms with Crippen LogP contribution in [0.2, 0.25) is 0 Å². The van der Waals surface area contributed by atoms with E-state index in [-0.39, 0.29) is 12.1 Å². The van der Waals surface area contributed by atoms with Gasteiger partial charge in [-0.25, -0.2) is 4.98 Å². The van der Waals surface area contributed by atoms with Crippen LogP contribution in [-0.2, 0) is 23.1 Å². The quantitative estimate of drug-likeness (QED) is 0.810. The molecule has 2 rings (SSSR count). The first-order valence-electron chi connectivity index (χ1n) is 7.26. The number of hydrogen-bond acceptors (Lipinski definition) is 6. The second kappa shape index (κ2) is 6.96. The Morgan fingerprint density at radius 1 is 1.32 bits per heavy atom. The highest BCUT2D eigenvalue weighted by molar-refractivity contribution is 7.09. The van der Waals surface area contributed by atoms with Crippen LogP contribution < -0.4 is 16.0 Å². The van der Waals surface area contributed by atoms with Gasteiger partial charge in [0.15, 0.2) is 5.82 Å². The lowest BCUT2D eigenvalue weighted by Crippen LogP contribution is -2.50. The number of rotatable bonds is 6. The Bertz CT molecular complexity index is 762. The van der Waals surface area contributed by atoms with Crippen LogP contribution in [0.1, 0.15) is 23.9 Å². The van der Waals surface area contributed by atoms with Crippen LogP contribution in [0.4, 0.5) is 18.3 Å². The minimum absolute atomic E-state index is 0.0834. The molecule has 1 aromatic heterocycles. The maximum Gasteiger partial charge on any atom is 0.416 e. The summed E-state index contributed by atoms with van der Waals surface area (Å²) < 4.78 is 42.9. The fourth-order valence-electron chi connectivity index (χ4n) is 2.09. The van der Waals surface area contributed by atoms with Crippen LogP contribution in [0.25, 0.3) is 0 Å². The van der Waals surface area contributed by atoms with Gasteiger partial charge in [-0.2, -0.15) is 17.5 Å². The Morgan fingerprint density at radius 2 is 1.96 bits per heavy atom. The Kier molecular flexibility index (Phi) is 5.33. The van der Waals surface area contributed by atoms with Gasteiger partial charge in [0.1, 0.15) is 5.54 Å². The molecule has 0 aliphatic carbocycles. The zero-order valence-electron chi connectivity index (χ0n) is 13.9. The van der Waals surface area contributed by atoms with Crippen molar-refractivity contribution in [2.24, 2.45) is 5.73 Å². The standard InChI is InChI=1S/C15H18F3N5OS/c1-14(12(19)24,9-5-4-6-10(7-9)15(16,17)18)20-8-11-21-13(23(2)3)25-22-11/h4-7,20H,8H2,1-3H3,(H2,19,24). The average Bonchev–Trinajstić information content (AvgIpc) is 3.01. The number of nitrogens with one attached hydrogen (secondary N) is 1. The van der Waals surface area contributed by atoms with Gasteiger partial charge in [0, 0.05) is 25.6 Å². The Balaban J connectivity index is 2.27. The second-order valence-electron chi connectivity index (χ2n) is 5.81. The molecule has 136 valence electrons. The van der Waals surface area contributed by atoms with E-state index < -0.39 is 23.2 Å². The van der Waals surface area contributed by atoms with Crippen molar-refractivity contribution in [1.29, 1.82) is 0 Å². The molecule has 0 saturated heterocycles. The normalized spacial score (nSPS) is 14.2. The van der Waals surface area contributed by atoms with Gasteiger partial charge in [0.05, 0.1) is 12.1 Å². The smallest absolute Gasteiger partial charge is 0.368 e. The molecule has 1 heterocycles. The number of benzene rings is 1. The molecule has 6 nitrogen and oxygen atoms in total. The zero-order valence-corrected chi connectivity index (χ0v) is 14.7. The van der Waals surface area contributed by atoms with E-state index in [2.05, 4.69) is 14.7 Å². The van der Waals surface area contributed by atoms with Gasteiger partial charge in [-0.3, -0.25) is 10.1 Å². The number of amides is 1. The van der Waals surface area contributed by atoms with E-state index in [0.29, 0.717) is 11.0 Å². The first-order chi connectivity index (χ1) is 11.5. The predicted molar refractivity (Wildman–Crippen MR) is 89.1 cm³/mol. The fraction of sp³-hybridized carbons (Fsp3) is 0.400. The van der Waals surface area contributed by atoms with E-state index in [4.69, 9.17) is 5.73 Å². The molecule has 0 aliphatic rings. The first kappa shape index (κ1) is 19.1. The van der Waals surface area contributed by atoms with Gasteiger partial charge >= 0.3 is 6.18 Å². The zero-order chi connectivity index (χ0) is 18.8. The molecule has 0 bridgehead atoms. The van der Waals surface area contributed by atoms with E-state index in [1.54, 1.807) is 4.90 Å². The molecule has 0 aliphatic heterocycles. The highest BCUT2D eigenvalue weighted by atomic mass is 32.1. The molecule has 25 heavy (non-hydrogen) atoms. The Morgan fingerprint density at radius 3 is 2.48 bits per heavy atom. The molecule has 0 radical (unpaired) electrons. The van der Waals surface area contributed by atoms with Gasteiger partial charge in [-0.1, -0.05) is 12.1 Å². The summed E-state index contributed by atoms with van der Waals surface area (Å²) in [5.74, 6) is -0.372. The molecule has 1 aromatic carbocycles. The number of alkyl halides is 3. The summed E-state index contributed by atoms with van der Waals surface area (Å²) in [4.78, 5) is 18.0. The molecule has 0 fully saturated rings. The van der Waals surface area contributed by atoms with Crippen LogP contribution in [0.5, 0.6) is 0 Å². The molecule has 1 atom stereocenters. The van der Waals surface area contributed by atoms with Gasteiger partial charge in [-0.15, -0.1) is 0 Å². The summed E-state index contributed by atoms with van der Waals surface area (Å²) >= 11 is 1.18. The maximum absolute atomic E-state index is 12.9. The molecule has 10 heteroatoms. The van der Waals surface area contributed by atoms with Crippen molar-refractivity contribution < 1.29 is 18.0 Å². The second-order valence-corrected chi connectivity index (χ2v) is 6.54. The summed E-state index contributed by atoms with van der Waals surface area (Å²) in [6.07, 6.45) is -4.51. The lowest BCUT2D eigenvalue weighted by molar-refractivity contribution is -0.138. The Labute approximate surface area is 147 Å².